The molecule has 0 saturated heterocycles. The summed E-state index contributed by atoms with van der Waals surface area (Å²) in [4.78, 5) is 2.40. The summed E-state index contributed by atoms with van der Waals surface area (Å²) in [5.74, 6) is 1.77. The van der Waals surface area contributed by atoms with Gasteiger partial charge in [0, 0.05) is 18.3 Å². The molecule has 0 aliphatic heterocycles. The molecule has 1 rings (SSSR count). The molecule has 2 nitrogen and oxygen atoms in total. The first-order valence-corrected chi connectivity index (χ1v) is 5.77. The second-order valence-electron chi connectivity index (χ2n) is 3.89. The number of ether oxygens (including phenoxy) is 1. The first kappa shape index (κ1) is 11.3. The highest BCUT2D eigenvalue weighted by molar-refractivity contribution is 7.80. The van der Waals surface area contributed by atoms with E-state index in [9.17, 15) is 0 Å². The lowest BCUT2D eigenvalue weighted by Crippen LogP contribution is -2.33. The predicted molar refractivity (Wildman–Crippen MR) is 59.5 cm³/mol. The number of likely N-dealkylation sites (N-methyl/N-ethyl adjacent to an activating group) is 1. The number of rotatable bonds is 7. The molecule has 1 aliphatic rings. The van der Waals surface area contributed by atoms with Gasteiger partial charge in [0.25, 0.3) is 0 Å². The molecule has 0 bridgehead atoms. The molecule has 13 heavy (non-hydrogen) atoms. The summed E-state index contributed by atoms with van der Waals surface area (Å²) in [6, 6.07) is 0.736. The molecule has 0 radical (unpaired) electrons. The van der Waals surface area contributed by atoms with Gasteiger partial charge in [0.05, 0.1) is 13.2 Å². The molecular formula is C10H21NOS. The zero-order valence-corrected chi connectivity index (χ0v) is 9.59. The van der Waals surface area contributed by atoms with Crippen LogP contribution in [0.4, 0.5) is 0 Å². The molecular weight excluding hydrogens is 182 g/mol. The number of hydrogen-bond acceptors (Lipinski definition) is 3. The quantitative estimate of drug-likeness (QED) is 0.499. The van der Waals surface area contributed by atoms with Gasteiger partial charge in [0.1, 0.15) is 0 Å². The van der Waals surface area contributed by atoms with E-state index < -0.39 is 0 Å². The second-order valence-corrected chi connectivity index (χ2v) is 4.34. The van der Waals surface area contributed by atoms with E-state index in [0.29, 0.717) is 0 Å². The van der Waals surface area contributed by atoms with Crippen molar-refractivity contribution in [3.63, 3.8) is 0 Å². The van der Waals surface area contributed by atoms with Crippen LogP contribution in [-0.4, -0.2) is 43.5 Å². The smallest absolute Gasteiger partial charge is 0.0593 e. The van der Waals surface area contributed by atoms with Gasteiger partial charge in [0.15, 0.2) is 0 Å². The van der Waals surface area contributed by atoms with Gasteiger partial charge in [-0.05, 0) is 32.7 Å². The van der Waals surface area contributed by atoms with Crippen LogP contribution in [0.5, 0.6) is 0 Å². The maximum Gasteiger partial charge on any atom is 0.0593 e. The number of nitrogens with zero attached hydrogens (tertiary/aromatic N) is 1. The van der Waals surface area contributed by atoms with Crippen molar-refractivity contribution in [2.24, 2.45) is 5.92 Å². The second kappa shape index (κ2) is 5.89. The summed E-state index contributed by atoms with van der Waals surface area (Å²) in [5, 5.41) is 0. The van der Waals surface area contributed by atoms with Gasteiger partial charge in [-0.3, -0.25) is 0 Å². The summed E-state index contributed by atoms with van der Waals surface area (Å²) in [6.07, 6.45) is 2.84. The number of thiol groups is 1. The summed E-state index contributed by atoms with van der Waals surface area (Å²) >= 11 is 4.09. The van der Waals surface area contributed by atoms with Crippen LogP contribution in [0.2, 0.25) is 0 Å². The van der Waals surface area contributed by atoms with E-state index in [1.165, 1.54) is 12.8 Å². The van der Waals surface area contributed by atoms with Gasteiger partial charge < -0.3 is 9.64 Å². The summed E-state index contributed by atoms with van der Waals surface area (Å²) in [7, 11) is 2.19. The van der Waals surface area contributed by atoms with E-state index >= 15 is 0 Å². The molecule has 0 heterocycles. The van der Waals surface area contributed by atoms with Crippen LogP contribution in [0.25, 0.3) is 0 Å². The molecule has 3 heteroatoms. The predicted octanol–water partition coefficient (Wildman–Crippen LogP) is 1.66. The third-order valence-electron chi connectivity index (χ3n) is 2.82. The Morgan fingerprint density at radius 3 is 2.69 bits per heavy atom. The SMILES string of the molecule is CC(C1CC1)N(C)CCOCCS. The average molecular weight is 203 g/mol. The first-order chi connectivity index (χ1) is 6.25. The lowest BCUT2D eigenvalue weighted by molar-refractivity contribution is 0.108. The monoisotopic (exact) mass is 203 g/mol. The lowest BCUT2D eigenvalue weighted by atomic mass is 10.2. The third-order valence-corrected chi connectivity index (χ3v) is 3.01. The molecule has 0 aromatic carbocycles. The fraction of sp³-hybridized carbons (Fsp3) is 1.00. The van der Waals surface area contributed by atoms with Crippen LogP contribution in [0.1, 0.15) is 19.8 Å². The molecule has 1 aliphatic carbocycles. The fourth-order valence-electron chi connectivity index (χ4n) is 1.52. The summed E-state index contributed by atoms with van der Waals surface area (Å²) in [6.45, 7) is 4.98. The zero-order valence-electron chi connectivity index (χ0n) is 8.70. The highest BCUT2D eigenvalue weighted by Crippen LogP contribution is 2.34. The Bertz CT molecular complexity index is 139. The molecule has 0 aromatic rings. The maximum absolute atomic E-state index is 5.39. The topological polar surface area (TPSA) is 12.5 Å². The van der Waals surface area contributed by atoms with Crippen LogP contribution < -0.4 is 0 Å². The molecule has 0 amide bonds. The molecule has 1 unspecified atom stereocenters. The molecule has 78 valence electrons. The van der Waals surface area contributed by atoms with Gasteiger partial charge in [-0.1, -0.05) is 0 Å². The van der Waals surface area contributed by atoms with Crippen LogP contribution in [0.15, 0.2) is 0 Å². The van der Waals surface area contributed by atoms with Crippen LogP contribution >= 0.6 is 12.6 Å². The Hall–Kier alpha value is 0.270. The van der Waals surface area contributed by atoms with Crippen molar-refractivity contribution in [2.45, 2.75) is 25.8 Å². The minimum Gasteiger partial charge on any atom is -0.379 e. The van der Waals surface area contributed by atoms with Crippen molar-refractivity contribution in [1.29, 1.82) is 0 Å². The van der Waals surface area contributed by atoms with Crippen LogP contribution in [-0.2, 0) is 4.74 Å². The van der Waals surface area contributed by atoms with Gasteiger partial charge in [-0.2, -0.15) is 12.6 Å². The summed E-state index contributed by atoms with van der Waals surface area (Å²) in [5.41, 5.74) is 0. The van der Waals surface area contributed by atoms with Crippen molar-refractivity contribution < 1.29 is 4.74 Å². The van der Waals surface area contributed by atoms with Gasteiger partial charge in [-0.25, -0.2) is 0 Å². The normalized spacial score (nSPS) is 19.4. The number of hydrogen-bond donors (Lipinski definition) is 1. The van der Waals surface area contributed by atoms with Crippen molar-refractivity contribution in [3.05, 3.63) is 0 Å². The lowest BCUT2D eigenvalue weighted by Gasteiger charge is -2.24. The molecule has 1 fully saturated rings. The van der Waals surface area contributed by atoms with Crippen molar-refractivity contribution in [1.82, 2.24) is 4.90 Å². The largest absolute Gasteiger partial charge is 0.379 e. The van der Waals surface area contributed by atoms with E-state index in [0.717, 1.165) is 37.5 Å². The standard InChI is InChI=1S/C10H21NOS/c1-9(10-3-4-10)11(2)5-6-12-7-8-13/h9-10,13H,3-8H2,1-2H3. The van der Waals surface area contributed by atoms with Crippen LogP contribution in [0.3, 0.4) is 0 Å². The molecule has 0 spiro atoms. The first-order valence-electron chi connectivity index (χ1n) is 5.14. The van der Waals surface area contributed by atoms with Crippen molar-refractivity contribution in [3.8, 4) is 0 Å². The molecule has 0 aromatic heterocycles. The minimum atomic E-state index is 0.736. The Labute approximate surface area is 87.0 Å². The van der Waals surface area contributed by atoms with Gasteiger partial charge >= 0.3 is 0 Å². The highest BCUT2D eigenvalue weighted by Gasteiger charge is 2.29. The van der Waals surface area contributed by atoms with E-state index in [2.05, 4.69) is 31.5 Å². The highest BCUT2D eigenvalue weighted by atomic mass is 32.1. The van der Waals surface area contributed by atoms with Crippen molar-refractivity contribution >= 4 is 12.6 Å². The minimum absolute atomic E-state index is 0.736. The molecule has 1 atom stereocenters. The Morgan fingerprint density at radius 2 is 2.15 bits per heavy atom. The summed E-state index contributed by atoms with van der Waals surface area (Å²) < 4.78 is 5.39. The van der Waals surface area contributed by atoms with Gasteiger partial charge in [0.2, 0.25) is 0 Å². The van der Waals surface area contributed by atoms with Crippen molar-refractivity contribution in [2.75, 3.05) is 32.6 Å². The van der Waals surface area contributed by atoms with E-state index in [-0.39, 0.29) is 0 Å². The van der Waals surface area contributed by atoms with Gasteiger partial charge in [-0.15, -0.1) is 0 Å². The Morgan fingerprint density at radius 1 is 1.46 bits per heavy atom. The van der Waals surface area contributed by atoms with Crippen LogP contribution in [0, 0.1) is 5.92 Å². The zero-order chi connectivity index (χ0) is 9.68. The third kappa shape index (κ3) is 4.34. The molecule has 1 saturated carbocycles. The Kier molecular flexibility index (Phi) is 5.14. The Balaban J connectivity index is 1.99. The van der Waals surface area contributed by atoms with E-state index in [4.69, 9.17) is 4.74 Å². The average Bonchev–Trinajstić information content (AvgIpc) is 2.94. The van der Waals surface area contributed by atoms with E-state index in [1.807, 2.05) is 0 Å². The maximum atomic E-state index is 5.39. The fourth-order valence-corrected chi connectivity index (χ4v) is 1.65. The molecule has 0 N–H and O–H groups in total. The van der Waals surface area contributed by atoms with E-state index in [1.54, 1.807) is 0 Å².